The molecule has 4 fully saturated rings. The summed E-state index contributed by atoms with van der Waals surface area (Å²) in [6.45, 7) is 11.1. The zero-order valence-electron chi connectivity index (χ0n) is 20.8. The van der Waals surface area contributed by atoms with Crippen molar-refractivity contribution in [2.75, 3.05) is 0 Å². The summed E-state index contributed by atoms with van der Waals surface area (Å²) in [5.41, 5.74) is -2.89. The first-order valence-corrected chi connectivity index (χ1v) is 13.2. The van der Waals surface area contributed by atoms with Gasteiger partial charge in [-0.3, -0.25) is 4.79 Å². The molecule has 0 bridgehead atoms. The lowest BCUT2D eigenvalue weighted by Crippen LogP contribution is -2.73. The van der Waals surface area contributed by atoms with Gasteiger partial charge in [-0.1, -0.05) is 53.9 Å². The van der Waals surface area contributed by atoms with Gasteiger partial charge in [0.05, 0.1) is 18.3 Å². The van der Waals surface area contributed by atoms with E-state index in [0.717, 1.165) is 18.8 Å². The summed E-state index contributed by atoms with van der Waals surface area (Å²) in [4.78, 5) is 13.4. The van der Waals surface area contributed by atoms with Crippen molar-refractivity contribution < 1.29 is 25.2 Å². The van der Waals surface area contributed by atoms with Gasteiger partial charge in [0.15, 0.2) is 5.78 Å². The molecule has 0 aromatic carbocycles. The van der Waals surface area contributed by atoms with Crippen LogP contribution in [0.4, 0.5) is 0 Å². The standard InChI is InChI=1S/C27H46O5/c1-15(2)7-6-8-16(3)19-9-10-20-18-12-23(31)27(32)13-17(28)11-22(30)26(27,5)24(18)21(29)14-25(19,20)4/h15-22,24,28-30,32H,6-14H2,1-5H3/t16-,17+,18+,19-,20+,21+,22-,24-,25-,26-,27+/m1/s1. The number of carbonyl (C=O) groups is 1. The molecule has 5 heteroatoms. The number of aliphatic hydroxyl groups is 4. The summed E-state index contributed by atoms with van der Waals surface area (Å²) in [5.74, 6) is 1.60. The molecule has 0 spiro atoms. The number of ketones is 1. The van der Waals surface area contributed by atoms with Gasteiger partial charge < -0.3 is 20.4 Å². The van der Waals surface area contributed by atoms with E-state index in [0.29, 0.717) is 24.2 Å². The third kappa shape index (κ3) is 3.44. The lowest BCUT2D eigenvalue weighted by atomic mass is 9.41. The minimum Gasteiger partial charge on any atom is -0.393 e. The van der Waals surface area contributed by atoms with Gasteiger partial charge in [-0.25, -0.2) is 0 Å². The van der Waals surface area contributed by atoms with Crippen LogP contribution in [0.5, 0.6) is 0 Å². The summed E-state index contributed by atoms with van der Waals surface area (Å²) < 4.78 is 0. The summed E-state index contributed by atoms with van der Waals surface area (Å²) in [5, 5.41) is 44.4. The highest BCUT2D eigenvalue weighted by Gasteiger charge is 2.72. The van der Waals surface area contributed by atoms with Crippen molar-refractivity contribution in [3.8, 4) is 0 Å². The van der Waals surface area contributed by atoms with Crippen molar-refractivity contribution >= 4 is 5.78 Å². The molecule has 0 aromatic rings. The first-order valence-electron chi connectivity index (χ1n) is 13.2. The third-order valence-electron chi connectivity index (χ3n) is 10.8. The Kier molecular flexibility index (Phi) is 6.40. The highest BCUT2D eigenvalue weighted by atomic mass is 16.3. The Morgan fingerprint density at radius 3 is 2.38 bits per heavy atom. The fourth-order valence-electron chi connectivity index (χ4n) is 9.23. The van der Waals surface area contributed by atoms with Gasteiger partial charge in [0.25, 0.3) is 0 Å². The van der Waals surface area contributed by atoms with Crippen molar-refractivity contribution in [2.24, 2.45) is 46.3 Å². The molecule has 5 nitrogen and oxygen atoms in total. The van der Waals surface area contributed by atoms with Gasteiger partial charge in [-0.15, -0.1) is 0 Å². The number of rotatable bonds is 5. The minimum absolute atomic E-state index is 0.0109. The smallest absolute Gasteiger partial charge is 0.165 e. The monoisotopic (exact) mass is 450 g/mol. The maximum Gasteiger partial charge on any atom is 0.165 e. The molecular formula is C27H46O5. The Bertz CT molecular complexity index is 723. The zero-order valence-corrected chi connectivity index (χ0v) is 20.8. The van der Waals surface area contributed by atoms with Gasteiger partial charge in [-0.2, -0.15) is 0 Å². The van der Waals surface area contributed by atoms with Gasteiger partial charge in [-0.05, 0) is 60.2 Å². The molecule has 0 heterocycles. The van der Waals surface area contributed by atoms with Gasteiger partial charge in [0.2, 0.25) is 0 Å². The fraction of sp³-hybridized carbons (Fsp3) is 0.963. The molecule has 32 heavy (non-hydrogen) atoms. The number of Topliss-reactive ketones (excluding diaryl/α,β-unsaturated/α-hetero) is 1. The molecule has 0 amide bonds. The summed E-state index contributed by atoms with van der Waals surface area (Å²) in [7, 11) is 0. The normalized spacial score (nSPS) is 51.8. The maximum absolute atomic E-state index is 13.4. The molecule has 4 rings (SSSR count). The number of hydrogen-bond donors (Lipinski definition) is 4. The Morgan fingerprint density at radius 1 is 1.03 bits per heavy atom. The molecule has 4 N–H and O–H groups in total. The minimum atomic E-state index is -1.76. The van der Waals surface area contributed by atoms with Crippen LogP contribution in [0.2, 0.25) is 0 Å². The van der Waals surface area contributed by atoms with Crippen LogP contribution in [0.25, 0.3) is 0 Å². The van der Waals surface area contributed by atoms with E-state index in [1.54, 1.807) is 6.92 Å². The number of carbonyl (C=O) groups excluding carboxylic acids is 1. The summed E-state index contributed by atoms with van der Waals surface area (Å²) in [6, 6.07) is 0. The average Bonchev–Trinajstić information content (AvgIpc) is 3.01. The fourth-order valence-corrected chi connectivity index (χ4v) is 9.23. The summed E-state index contributed by atoms with van der Waals surface area (Å²) >= 11 is 0. The van der Waals surface area contributed by atoms with Gasteiger partial charge in [0.1, 0.15) is 5.60 Å². The zero-order chi connectivity index (χ0) is 23.6. The molecule has 4 aliphatic rings. The van der Waals surface area contributed by atoms with Gasteiger partial charge >= 0.3 is 0 Å². The van der Waals surface area contributed by atoms with Crippen LogP contribution < -0.4 is 0 Å². The number of aliphatic hydroxyl groups excluding tert-OH is 3. The molecule has 184 valence electrons. The Balaban J connectivity index is 1.62. The van der Waals surface area contributed by atoms with Crippen molar-refractivity contribution in [3.05, 3.63) is 0 Å². The van der Waals surface area contributed by atoms with Crippen LogP contribution in [-0.4, -0.2) is 50.1 Å². The van der Waals surface area contributed by atoms with Crippen molar-refractivity contribution in [2.45, 2.75) is 116 Å². The maximum atomic E-state index is 13.4. The highest BCUT2D eigenvalue weighted by Crippen LogP contribution is 2.68. The van der Waals surface area contributed by atoms with Gasteiger partial charge in [0, 0.05) is 24.7 Å². The summed E-state index contributed by atoms with van der Waals surface area (Å²) in [6.07, 6.45) is 4.39. The van der Waals surface area contributed by atoms with Crippen molar-refractivity contribution in [3.63, 3.8) is 0 Å². The van der Waals surface area contributed by atoms with E-state index in [1.165, 1.54) is 19.3 Å². The van der Waals surface area contributed by atoms with E-state index < -0.39 is 29.3 Å². The second kappa shape index (κ2) is 8.32. The van der Waals surface area contributed by atoms with E-state index in [2.05, 4.69) is 27.7 Å². The van der Waals surface area contributed by atoms with Crippen LogP contribution in [0.15, 0.2) is 0 Å². The number of fused-ring (bicyclic) bond motifs is 5. The lowest BCUT2D eigenvalue weighted by Gasteiger charge is -2.65. The van der Waals surface area contributed by atoms with Crippen molar-refractivity contribution in [1.82, 2.24) is 0 Å². The molecule has 4 aliphatic carbocycles. The largest absolute Gasteiger partial charge is 0.393 e. The van der Waals surface area contributed by atoms with E-state index in [-0.39, 0.29) is 42.3 Å². The lowest BCUT2D eigenvalue weighted by molar-refractivity contribution is -0.263. The van der Waals surface area contributed by atoms with Crippen LogP contribution >= 0.6 is 0 Å². The Labute approximate surface area is 194 Å². The second-order valence-corrected chi connectivity index (χ2v) is 12.9. The van der Waals surface area contributed by atoms with E-state index >= 15 is 0 Å². The molecule has 0 unspecified atom stereocenters. The molecule has 0 aliphatic heterocycles. The van der Waals surface area contributed by atoms with Crippen LogP contribution in [0, 0.1) is 46.3 Å². The second-order valence-electron chi connectivity index (χ2n) is 12.9. The first kappa shape index (κ1) is 24.6. The first-order chi connectivity index (χ1) is 14.9. The molecule has 11 atom stereocenters. The Morgan fingerprint density at radius 2 is 1.72 bits per heavy atom. The van der Waals surface area contributed by atoms with E-state index in [9.17, 15) is 25.2 Å². The number of hydrogen-bond acceptors (Lipinski definition) is 5. The quantitative estimate of drug-likeness (QED) is 0.512. The van der Waals surface area contributed by atoms with E-state index in [1.807, 2.05) is 0 Å². The molecule has 0 saturated heterocycles. The highest BCUT2D eigenvalue weighted by molar-refractivity contribution is 5.90. The predicted molar refractivity (Wildman–Crippen MR) is 124 cm³/mol. The van der Waals surface area contributed by atoms with Crippen LogP contribution in [-0.2, 0) is 4.79 Å². The molecule has 0 radical (unpaired) electrons. The van der Waals surface area contributed by atoms with Crippen LogP contribution in [0.1, 0.15) is 92.4 Å². The molecular weight excluding hydrogens is 404 g/mol. The molecule has 0 aromatic heterocycles. The average molecular weight is 451 g/mol. The predicted octanol–water partition coefficient (Wildman–Crippen LogP) is 3.70. The van der Waals surface area contributed by atoms with Crippen molar-refractivity contribution in [1.29, 1.82) is 0 Å². The Hall–Kier alpha value is -0.490. The topological polar surface area (TPSA) is 98.0 Å². The SMILES string of the molecule is CC(C)CCC[C@@H](C)[C@H]1CC[C@H]2[C@@H]3CC(=O)[C@@]4(O)C[C@@H](O)C[C@@H](O)[C@]4(C)[C@H]3[C@@H](O)C[C@]12C. The van der Waals surface area contributed by atoms with E-state index in [4.69, 9.17) is 0 Å². The van der Waals surface area contributed by atoms with Crippen LogP contribution in [0.3, 0.4) is 0 Å². The molecule has 4 saturated carbocycles. The third-order valence-corrected chi connectivity index (χ3v) is 10.8.